The number of likely N-dealkylation sites (tertiary alicyclic amines) is 1. The quantitative estimate of drug-likeness (QED) is 0.853. The van der Waals surface area contributed by atoms with Crippen LogP contribution in [-0.4, -0.2) is 37.1 Å². The Labute approximate surface area is 113 Å². The van der Waals surface area contributed by atoms with Crippen LogP contribution in [-0.2, 0) is 6.42 Å². The molecule has 106 valence electrons. The van der Waals surface area contributed by atoms with Gasteiger partial charge in [0.15, 0.2) is 0 Å². The van der Waals surface area contributed by atoms with Crippen molar-refractivity contribution in [3.8, 4) is 0 Å². The fourth-order valence-electron chi connectivity index (χ4n) is 2.59. The van der Waals surface area contributed by atoms with Crippen LogP contribution in [0.2, 0.25) is 0 Å². The van der Waals surface area contributed by atoms with Crippen LogP contribution < -0.4 is 5.32 Å². The molecular weight excluding hydrogens is 246 g/mol. The molecule has 19 heavy (non-hydrogen) atoms. The fourth-order valence-corrected chi connectivity index (χ4v) is 2.59. The van der Waals surface area contributed by atoms with Gasteiger partial charge in [0.25, 0.3) is 0 Å². The van der Waals surface area contributed by atoms with E-state index in [-0.39, 0.29) is 0 Å². The lowest BCUT2D eigenvalue weighted by Crippen LogP contribution is -2.38. The van der Waals surface area contributed by atoms with Gasteiger partial charge in [-0.1, -0.05) is 6.07 Å². The van der Waals surface area contributed by atoms with Crippen molar-refractivity contribution in [1.82, 2.24) is 10.2 Å². The Morgan fingerprint density at radius 1 is 1.26 bits per heavy atom. The van der Waals surface area contributed by atoms with Crippen molar-refractivity contribution < 1.29 is 8.78 Å². The third-order valence-electron chi connectivity index (χ3n) is 3.63. The summed E-state index contributed by atoms with van der Waals surface area (Å²) in [7, 11) is 0. The first-order valence-electron chi connectivity index (χ1n) is 7.05. The lowest BCUT2D eigenvalue weighted by Gasteiger charge is -2.21. The molecule has 0 bridgehead atoms. The minimum atomic E-state index is -0.517. The van der Waals surface area contributed by atoms with Gasteiger partial charge in [-0.3, -0.25) is 0 Å². The lowest BCUT2D eigenvalue weighted by molar-refractivity contribution is 0.299. The second-order valence-electron chi connectivity index (χ2n) is 5.35. The van der Waals surface area contributed by atoms with Crippen LogP contribution in [0.25, 0.3) is 0 Å². The van der Waals surface area contributed by atoms with Crippen molar-refractivity contribution in [3.63, 3.8) is 0 Å². The van der Waals surface area contributed by atoms with E-state index in [0.29, 0.717) is 18.0 Å². The number of rotatable bonds is 6. The Bertz CT molecular complexity index is 403. The van der Waals surface area contributed by atoms with E-state index in [1.807, 2.05) is 0 Å². The number of hydrogen-bond donors (Lipinski definition) is 1. The molecule has 1 fully saturated rings. The topological polar surface area (TPSA) is 15.3 Å². The van der Waals surface area contributed by atoms with Gasteiger partial charge in [-0.05, 0) is 57.5 Å². The lowest BCUT2D eigenvalue weighted by atomic mass is 10.1. The van der Waals surface area contributed by atoms with Crippen LogP contribution in [0.15, 0.2) is 18.2 Å². The highest BCUT2D eigenvalue weighted by molar-refractivity contribution is 5.18. The minimum absolute atomic E-state index is 0.404. The van der Waals surface area contributed by atoms with E-state index in [0.717, 1.165) is 19.2 Å². The summed E-state index contributed by atoms with van der Waals surface area (Å²) in [6.45, 7) is 6.31. The zero-order valence-electron chi connectivity index (χ0n) is 11.5. The van der Waals surface area contributed by atoms with Crippen LogP contribution >= 0.6 is 0 Å². The molecule has 1 N–H and O–H groups in total. The molecule has 1 aliphatic heterocycles. The van der Waals surface area contributed by atoms with E-state index in [4.69, 9.17) is 0 Å². The van der Waals surface area contributed by atoms with E-state index in [2.05, 4.69) is 17.1 Å². The summed E-state index contributed by atoms with van der Waals surface area (Å²) in [6.07, 6.45) is 3.19. The highest BCUT2D eigenvalue weighted by atomic mass is 19.1. The molecule has 0 radical (unpaired) electrons. The number of nitrogens with one attached hydrogen (secondary N) is 1. The molecule has 0 aliphatic carbocycles. The molecule has 0 spiro atoms. The molecule has 2 nitrogen and oxygen atoms in total. The first kappa shape index (κ1) is 14.4. The summed E-state index contributed by atoms with van der Waals surface area (Å²) in [5, 5.41) is 3.40. The molecular formula is C15H22F2N2. The highest BCUT2D eigenvalue weighted by Crippen LogP contribution is 2.10. The van der Waals surface area contributed by atoms with Gasteiger partial charge < -0.3 is 10.2 Å². The largest absolute Gasteiger partial charge is 0.313 e. The summed E-state index contributed by atoms with van der Waals surface area (Å²) < 4.78 is 26.2. The van der Waals surface area contributed by atoms with E-state index in [1.54, 1.807) is 0 Å². The Morgan fingerprint density at radius 2 is 2.00 bits per heavy atom. The Kier molecular flexibility index (Phi) is 5.28. The second-order valence-corrected chi connectivity index (χ2v) is 5.35. The van der Waals surface area contributed by atoms with E-state index < -0.39 is 11.6 Å². The van der Waals surface area contributed by atoms with Crippen molar-refractivity contribution >= 4 is 0 Å². The maximum absolute atomic E-state index is 13.4. The summed E-state index contributed by atoms with van der Waals surface area (Å²) in [4.78, 5) is 2.45. The number of hydrogen-bond acceptors (Lipinski definition) is 2. The molecule has 1 heterocycles. The van der Waals surface area contributed by atoms with Gasteiger partial charge in [-0.2, -0.15) is 0 Å². The van der Waals surface area contributed by atoms with E-state index in [1.165, 1.54) is 38.1 Å². The third-order valence-corrected chi connectivity index (χ3v) is 3.63. The van der Waals surface area contributed by atoms with Crippen LogP contribution in [0.3, 0.4) is 0 Å². The first-order chi connectivity index (χ1) is 9.15. The molecule has 1 aliphatic rings. The highest BCUT2D eigenvalue weighted by Gasteiger charge is 2.14. The van der Waals surface area contributed by atoms with Crippen molar-refractivity contribution in [1.29, 1.82) is 0 Å². The van der Waals surface area contributed by atoms with Crippen LogP contribution in [0.5, 0.6) is 0 Å². The Balaban J connectivity index is 1.70. The standard InChI is InChI=1S/C15H22F2N2/c1-12(11-19-8-2-3-9-19)18-7-6-13-4-5-14(16)10-15(13)17/h4-5,10,12,18H,2-3,6-9,11H2,1H3. The number of halogens is 2. The summed E-state index contributed by atoms with van der Waals surface area (Å²) in [5.74, 6) is -0.967. The molecule has 1 unspecified atom stereocenters. The van der Waals surface area contributed by atoms with Gasteiger partial charge >= 0.3 is 0 Å². The average Bonchev–Trinajstić information content (AvgIpc) is 2.84. The van der Waals surface area contributed by atoms with Gasteiger partial charge in [-0.25, -0.2) is 8.78 Å². The summed E-state index contributed by atoms with van der Waals surface area (Å²) >= 11 is 0. The first-order valence-corrected chi connectivity index (χ1v) is 7.05. The molecule has 1 aromatic rings. The summed E-state index contributed by atoms with van der Waals surface area (Å²) in [6, 6.07) is 4.19. The smallest absolute Gasteiger partial charge is 0.129 e. The Morgan fingerprint density at radius 3 is 2.68 bits per heavy atom. The van der Waals surface area contributed by atoms with E-state index >= 15 is 0 Å². The van der Waals surface area contributed by atoms with Crippen LogP contribution in [0.4, 0.5) is 8.78 Å². The van der Waals surface area contributed by atoms with Gasteiger partial charge in [0.2, 0.25) is 0 Å². The molecule has 1 saturated heterocycles. The SMILES string of the molecule is CC(CN1CCCC1)NCCc1ccc(F)cc1F. The second kappa shape index (κ2) is 6.96. The molecule has 0 amide bonds. The fraction of sp³-hybridized carbons (Fsp3) is 0.600. The van der Waals surface area contributed by atoms with Crippen molar-refractivity contribution in [3.05, 3.63) is 35.4 Å². The van der Waals surface area contributed by atoms with Crippen molar-refractivity contribution in [2.24, 2.45) is 0 Å². The predicted molar refractivity (Wildman–Crippen MR) is 73.2 cm³/mol. The number of nitrogens with zero attached hydrogens (tertiary/aromatic N) is 1. The average molecular weight is 268 g/mol. The molecule has 0 aromatic heterocycles. The number of benzene rings is 1. The molecule has 4 heteroatoms. The molecule has 0 saturated carbocycles. The van der Waals surface area contributed by atoms with Gasteiger partial charge in [0, 0.05) is 18.7 Å². The maximum atomic E-state index is 13.4. The molecule has 1 atom stereocenters. The van der Waals surface area contributed by atoms with Crippen LogP contribution in [0, 0.1) is 11.6 Å². The minimum Gasteiger partial charge on any atom is -0.313 e. The maximum Gasteiger partial charge on any atom is 0.129 e. The zero-order chi connectivity index (χ0) is 13.7. The van der Waals surface area contributed by atoms with Gasteiger partial charge in [0.05, 0.1) is 0 Å². The molecule has 2 rings (SSSR count). The molecule has 1 aromatic carbocycles. The summed E-state index contributed by atoms with van der Waals surface area (Å²) in [5.41, 5.74) is 0.572. The third kappa shape index (κ3) is 4.55. The predicted octanol–water partition coefficient (Wildman–Crippen LogP) is 2.58. The van der Waals surface area contributed by atoms with Gasteiger partial charge in [-0.15, -0.1) is 0 Å². The normalized spacial score (nSPS) is 17.8. The zero-order valence-corrected chi connectivity index (χ0v) is 11.5. The Hall–Kier alpha value is -1.00. The van der Waals surface area contributed by atoms with Crippen LogP contribution in [0.1, 0.15) is 25.3 Å². The van der Waals surface area contributed by atoms with Crippen molar-refractivity contribution in [2.75, 3.05) is 26.2 Å². The van der Waals surface area contributed by atoms with Gasteiger partial charge in [0.1, 0.15) is 11.6 Å². The van der Waals surface area contributed by atoms with Crippen molar-refractivity contribution in [2.45, 2.75) is 32.2 Å². The van der Waals surface area contributed by atoms with E-state index in [9.17, 15) is 8.78 Å². The monoisotopic (exact) mass is 268 g/mol.